The Labute approximate surface area is 129 Å². The number of amides is 2. The molecule has 2 aromatic rings. The molecule has 0 aromatic heterocycles. The predicted octanol–water partition coefficient (Wildman–Crippen LogP) is 2.22. The summed E-state index contributed by atoms with van der Waals surface area (Å²) in [4.78, 5) is 24.2. The van der Waals surface area contributed by atoms with E-state index < -0.39 is 5.91 Å². The third-order valence-corrected chi connectivity index (χ3v) is 3.43. The van der Waals surface area contributed by atoms with Crippen molar-refractivity contribution in [3.8, 4) is 0 Å². The lowest BCUT2D eigenvalue weighted by molar-refractivity contribution is -0.123. The van der Waals surface area contributed by atoms with Gasteiger partial charge in [-0.1, -0.05) is 49.4 Å². The fraction of sp³-hybridized carbons (Fsp3) is 0.176. The summed E-state index contributed by atoms with van der Waals surface area (Å²) in [6.45, 7) is 1.92. The maximum absolute atomic E-state index is 12.2. The first-order valence-electron chi connectivity index (χ1n) is 7.13. The predicted molar refractivity (Wildman–Crippen MR) is 85.9 cm³/mol. The van der Waals surface area contributed by atoms with Crippen molar-refractivity contribution >= 4 is 17.5 Å². The minimum Gasteiger partial charge on any atom is -0.398 e. The first-order chi connectivity index (χ1) is 10.6. The average molecular weight is 297 g/mol. The van der Waals surface area contributed by atoms with Crippen LogP contribution < -0.4 is 16.6 Å². The van der Waals surface area contributed by atoms with Crippen molar-refractivity contribution in [3.63, 3.8) is 0 Å². The molecule has 1 atom stereocenters. The largest absolute Gasteiger partial charge is 0.398 e. The molecule has 22 heavy (non-hydrogen) atoms. The van der Waals surface area contributed by atoms with Crippen LogP contribution in [0.3, 0.4) is 0 Å². The van der Waals surface area contributed by atoms with Crippen LogP contribution in [0.4, 0.5) is 5.69 Å². The van der Waals surface area contributed by atoms with Gasteiger partial charge < -0.3 is 5.73 Å². The second kappa shape index (κ2) is 7.26. The van der Waals surface area contributed by atoms with Gasteiger partial charge in [0.25, 0.3) is 5.91 Å². The fourth-order valence-corrected chi connectivity index (χ4v) is 2.23. The zero-order valence-electron chi connectivity index (χ0n) is 12.4. The van der Waals surface area contributed by atoms with E-state index in [0.717, 1.165) is 5.56 Å². The van der Waals surface area contributed by atoms with E-state index in [1.807, 2.05) is 37.3 Å². The van der Waals surface area contributed by atoms with Crippen LogP contribution in [-0.4, -0.2) is 11.8 Å². The molecule has 0 radical (unpaired) electrons. The summed E-state index contributed by atoms with van der Waals surface area (Å²) in [7, 11) is 0. The van der Waals surface area contributed by atoms with Crippen LogP contribution in [0, 0.1) is 0 Å². The van der Waals surface area contributed by atoms with Gasteiger partial charge in [-0.2, -0.15) is 0 Å². The molecule has 5 nitrogen and oxygen atoms in total. The molecule has 4 N–H and O–H groups in total. The molecule has 5 heteroatoms. The zero-order chi connectivity index (χ0) is 15.9. The maximum atomic E-state index is 12.2. The van der Waals surface area contributed by atoms with Crippen LogP contribution in [0.1, 0.15) is 35.2 Å². The van der Waals surface area contributed by atoms with Crippen LogP contribution in [0.15, 0.2) is 54.6 Å². The maximum Gasteiger partial charge on any atom is 0.271 e. The number of hydrogen-bond acceptors (Lipinski definition) is 3. The number of nitrogens with two attached hydrogens (primary N) is 1. The van der Waals surface area contributed by atoms with Crippen molar-refractivity contribution < 1.29 is 9.59 Å². The van der Waals surface area contributed by atoms with Crippen LogP contribution >= 0.6 is 0 Å². The number of carbonyl (C=O) groups excluding carboxylic acids is 2. The summed E-state index contributed by atoms with van der Waals surface area (Å²) < 4.78 is 0. The van der Waals surface area contributed by atoms with Gasteiger partial charge in [-0.3, -0.25) is 20.4 Å². The highest BCUT2D eigenvalue weighted by molar-refractivity contribution is 6.00. The van der Waals surface area contributed by atoms with Gasteiger partial charge in [0, 0.05) is 5.69 Å². The Morgan fingerprint density at radius 2 is 1.64 bits per heavy atom. The zero-order valence-corrected chi connectivity index (χ0v) is 12.4. The minimum atomic E-state index is -0.436. The third-order valence-electron chi connectivity index (χ3n) is 3.43. The van der Waals surface area contributed by atoms with Crippen molar-refractivity contribution in [3.05, 3.63) is 65.7 Å². The molecular formula is C17H19N3O2. The number of anilines is 1. The molecule has 0 spiro atoms. The molecule has 2 rings (SSSR count). The highest BCUT2D eigenvalue weighted by atomic mass is 16.2. The normalized spacial score (nSPS) is 11.5. The van der Waals surface area contributed by atoms with Gasteiger partial charge >= 0.3 is 0 Å². The van der Waals surface area contributed by atoms with E-state index >= 15 is 0 Å². The van der Waals surface area contributed by atoms with Gasteiger partial charge in [0.05, 0.1) is 11.5 Å². The van der Waals surface area contributed by atoms with Crippen LogP contribution in [0.2, 0.25) is 0 Å². The summed E-state index contributed by atoms with van der Waals surface area (Å²) in [5.41, 5.74) is 12.2. The summed E-state index contributed by atoms with van der Waals surface area (Å²) in [5.74, 6) is -1.000. The number of nitrogens with one attached hydrogen (secondary N) is 2. The number of nitrogen functional groups attached to an aromatic ring is 1. The first kappa shape index (κ1) is 15.6. The number of rotatable bonds is 4. The lowest BCUT2D eigenvalue weighted by Crippen LogP contribution is -2.44. The van der Waals surface area contributed by atoms with Crippen LogP contribution in [0.25, 0.3) is 0 Å². The summed E-state index contributed by atoms with van der Waals surface area (Å²) >= 11 is 0. The first-order valence-corrected chi connectivity index (χ1v) is 7.13. The van der Waals surface area contributed by atoms with E-state index in [1.54, 1.807) is 24.3 Å². The number of carbonyl (C=O) groups is 2. The van der Waals surface area contributed by atoms with Gasteiger partial charge in [-0.25, -0.2) is 0 Å². The van der Waals surface area contributed by atoms with Gasteiger partial charge in [0.1, 0.15) is 0 Å². The molecule has 0 heterocycles. The van der Waals surface area contributed by atoms with E-state index in [9.17, 15) is 9.59 Å². The Kier molecular flexibility index (Phi) is 5.14. The summed E-state index contributed by atoms with van der Waals surface area (Å²) in [6, 6.07) is 16.1. The molecule has 0 aliphatic heterocycles. The van der Waals surface area contributed by atoms with E-state index in [-0.39, 0.29) is 11.8 Å². The van der Waals surface area contributed by atoms with Gasteiger partial charge in [0.15, 0.2) is 0 Å². The molecule has 0 bridgehead atoms. The Bertz CT molecular complexity index is 656. The molecule has 0 saturated heterocycles. The van der Waals surface area contributed by atoms with Crippen molar-refractivity contribution in [2.75, 3.05) is 5.73 Å². The van der Waals surface area contributed by atoms with Gasteiger partial charge in [-0.15, -0.1) is 0 Å². The lowest BCUT2D eigenvalue weighted by Gasteiger charge is -2.16. The lowest BCUT2D eigenvalue weighted by atomic mass is 9.96. The van der Waals surface area contributed by atoms with Crippen molar-refractivity contribution in [1.29, 1.82) is 0 Å². The van der Waals surface area contributed by atoms with Crippen molar-refractivity contribution in [1.82, 2.24) is 10.9 Å². The molecular weight excluding hydrogens is 278 g/mol. The average Bonchev–Trinajstić information content (AvgIpc) is 2.55. The quantitative estimate of drug-likeness (QED) is 0.597. The highest BCUT2D eigenvalue weighted by Crippen LogP contribution is 2.19. The molecule has 0 unspecified atom stereocenters. The van der Waals surface area contributed by atoms with Crippen molar-refractivity contribution in [2.24, 2.45) is 0 Å². The molecule has 2 amide bonds. The standard InChI is InChI=1S/C17H19N3O2/c1-2-13(12-8-4-3-5-9-12)16(21)19-20-17(22)14-10-6-7-11-15(14)18/h3-11,13H,2,18H2,1H3,(H,19,21)(H,20,22)/t13-/m1/s1. The molecule has 0 saturated carbocycles. The third kappa shape index (κ3) is 3.63. The molecule has 2 aromatic carbocycles. The Morgan fingerprint density at radius 1 is 1.00 bits per heavy atom. The summed E-state index contributed by atoms with van der Waals surface area (Å²) in [6.07, 6.45) is 0.638. The summed E-state index contributed by atoms with van der Waals surface area (Å²) in [5, 5.41) is 0. The monoisotopic (exact) mass is 297 g/mol. The number of para-hydroxylation sites is 1. The second-order valence-electron chi connectivity index (χ2n) is 4.90. The van der Waals surface area contributed by atoms with Gasteiger partial charge in [0.2, 0.25) is 5.91 Å². The molecule has 0 fully saturated rings. The van der Waals surface area contributed by atoms with E-state index in [0.29, 0.717) is 17.7 Å². The Morgan fingerprint density at radius 3 is 2.27 bits per heavy atom. The van der Waals surface area contributed by atoms with E-state index in [4.69, 9.17) is 5.73 Å². The molecule has 0 aliphatic rings. The second-order valence-corrected chi connectivity index (χ2v) is 4.90. The minimum absolute atomic E-state index is 0.253. The Hall–Kier alpha value is -2.82. The SMILES string of the molecule is CC[C@@H](C(=O)NNC(=O)c1ccccc1N)c1ccccc1. The topological polar surface area (TPSA) is 84.2 Å². The molecule has 0 aliphatic carbocycles. The van der Waals surface area contributed by atoms with E-state index in [1.165, 1.54) is 0 Å². The molecule has 114 valence electrons. The number of benzene rings is 2. The smallest absolute Gasteiger partial charge is 0.271 e. The highest BCUT2D eigenvalue weighted by Gasteiger charge is 2.19. The van der Waals surface area contributed by atoms with E-state index in [2.05, 4.69) is 10.9 Å². The van der Waals surface area contributed by atoms with Crippen molar-refractivity contribution in [2.45, 2.75) is 19.3 Å². The van der Waals surface area contributed by atoms with Crippen LogP contribution in [0.5, 0.6) is 0 Å². The van der Waals surface area contributed by atoms with Gasteiger partial charge in [-0.05, 0) is 24.1 Å². The fourth-order valence-electron chi connectivity index (χ4n) is 2.23. The van der Waals surface area contributed by atoms with Crippen LogP contribution in [-0.2, 0) is 4.79 Å². The number of hydrazine groups is 1. The Balaban J connectivity index is 2.00. The number of hydrogen-bond donors (Lipinski definition) is 3.